The molecule has 0 aliphatic heterocycles. The maximum atomic E-state index is 12.1. The Morgan fingerprint density at radius 3 is 2.59 bits per heavy atom. The van der Waals surface area contributed by atoms with Gasteiger partial charge in [0.2, 0.25) is 0 Å². The van der Waals surface area contributed by atoms with Crippen LogP contribution in [0.25, 0.3) is 10.8 Å². The van der Waals surface area contributed by atoms with Crippen LogP contribution in [0.5, 0.6) is 11.5 Å². The SMILES string of the molecule is CC/C(=N\NC(=O)COc1ccc2ccccc2c1Br)c1ccc(O)cc1. The molecule has 0 heterocycles. The van der Waals surface area contributed by atoms with Crippen LogP contribution < -0.4 is 10.2 Å². The van der Waals surface area contributed by atoms with Crippen molar-refractivity contribution < 1.29 is 14.6 Å². The zero-order valence-electron chi connectivity index (χ0n) is 14.8. The molecule has 0 radical (unpaired) electrons. The predicted molar refractivity (Wildman–Crippen MR) is 110 cm³/mol. The van der Waals surface area contributed by atoms with Gasteiger partial charge >= 0.3 is 0 Å². The van der Waals surface area contributed by atoms with Crippen LogP contribution in [0.4, 0.5) is 0 Å². The van der Waals surface area contributed by atoms with Gasteiger partial charge in [-0.3, -0.25) is 4.79 Å². The molecule has 6 heteroatoms. The normalized spacial score (nSPS) is 11.4. The van der Waals surface area contributed by atoms with Crippen LogP contribution in [0, 0.1) is 0 Å². The molecule has 0 spiro atoms. The summed E-state index contributed by atoms with van der Waals surface area (Å²) in [7, 11) is 0. The number of phenolic OH excluding ortho intramolecular Hbond substituents is 1. The number of hydrogen-bond donors (Lipinski definition) is 2. The minimum atomic E-state index is -0.347. The number of halogens is 1. The van der Waals surface area contributed by atoms with Gasteiger partial charge in [0.05, 0.1) is 10.2 Å². The van der Waals surface area contributed by atoms with Gasteiger partial charge in [-0.05, 0) is 69.0 Å². The van der Waals surface area contributed by atoms with E-state index in [4.69, 9.17) is 4.74 Å². The number of nitrogens with one attached hydrogen (secondary N) is 1. The minimum absolute atomic E-state index is 0.146. The molecule has 3 aromatic rings. The number of nitrogens with zero attached hydrogens (tertiary/aromatic N) is 1. The number of benzene rings is 3. The van der Waals surface area contributed by atoms with Gasteiger partial charge in [0.1, 0.15) is 11.5 Å². The Kier molecular flexibility index (Phi) is 6.08. The highest BCUT2D eigenvalue weighted by molar-refractivity contribution is 9.10. The Labute approximate surface area is 165 Å². The highest BCUT2D eigenvalue weighted by atomic mass is 79.9. The number of ether oxygens (including phenoxy) is 1. The van der Waals surface area contributed by atoms with Crippen molar-refractivity contribution in [1.82, 2.24) is 5.43 Å². The maximum Gasteiger partial charge on any atom is 0.277 e. The van der Waals surface area contributed by atoms with Gasteiger partial charge < -0.3 is 9.84 Å². The van der Waals surface area contributed by atoms with E-state index in [1.807, 2.05) is 43.3 Å². The molecule has 0 unspecified atom stereocenters. The molecule has 0 fully saturated rings. The molecule has 1 amide bonds. The molecule has 5 nitrogen and oxygen atoms in total. The highest BCUT2D eigenvalue weighted by Gasteiger charge is 2.09. The molecule has 0 saturated heterocycles. The van der Waals surface area contributed by atoms with E-state index in [0.29, 0.717) is 12.2 Å². The minimum Gasteiger partial charge on any atom is -0.508 e. The van der Waals surface area contributed by atoms with E-state index < -0.39 is 0 Å². The highest BCUT2D eigenvalue weighted by Crippen LogP contribution is 2.32. The van der Waals surface area contributed by atoms with Gasteiger partial charge in [-0.2, -0.15) is 5.10 Å². The van der Waals surface area contributed by atoms with Crippen LogP contribution in [0.3, 0.4) is 0 Å². The lowest BCUT2D eigenvalue weighted by molar-refractivity contribution is -0.123. The second-order valence-electron chi connectivity index (χ2n) is 5.88. The lowest BCUT2D eigenvalue weighted by Crippen LogP contribution is -2.26. The summed E-state index contributed by atoms with van der Waals surface area (Å²) in [4.78, 5) is 12.1. The third kappa shape index (κ3) is 4.65. The average molecular weight is 427 g/mol. The molecule has 0 aromatic heterocycles. The Morgan fingerprint density at radius 2 is 1.85 bits per heavy atom. The number of aromatic hydroxyl groups is 1. The van der Waals surface area contributed by atoms with Crippen molar-refractivity contribution in [2.75, 3.05) is 6.61 Å². The standard InChI is InChI=1S/C21H19BrN2O3/c1-2-18(15-7-10-16(25)11-8-15)23-24-20(26)13-27-19-12-9-14-5-3-4-6-17(14)21(19)22/h3-12,25H,2,13H2,1H3,(H,24,26)/b23-18+. The third-order valence-electron chi connectivity index (χ3n) is 4.04. The Bertz CT molecular complexity index is 984. The van der Waals surface area contributed by atoms with Crippen LogP contribution in [-0.2, 0) is 4.79 Å². The summed E-state index contributed by atoms with van der Waals surface area (Å²) in [5.74, 6) is 0.439. The monoisotopic (exact) mass is 426 g/mol. The van der Waals surface area contributed by atoms with Crippen LogP contribution in [0.1, 0.15) is 18.9 Å². The number of hydrogen-bond acceptors (Lipinski definition) is 4. The van der Waals surface area contributed by atoms with Gasteiger partial charge in [0.15, 0.2) is 6.61 Å². The largest absolute Gasteiger partial charge is 0.508 e. The van der Waals surface area contributed by atoms with Crippen molar-refractivity contribution in [3.63, 3.8) is 0 Å². The van der Waals surface area contributed by atoms with Crippen molar-refractivity contribution in [3.05, 3.63) is 70.7 Å². The molecule has 138 valence electrons. The zero-order chi connectivity index (χ0) is 19.2. The van der Waals surface area contributed by atoms with Crippen LogP contribution in [0.15, 0.2) is 70.2 Å². The first-order chi connectivity index (χ1) is 13.1. The molecule has 3 rings (SSSR count). The molecule has 0 saturated carbocycles. The fraction of sp³-hybridized carbons (Fsp3) is 0.143. The van der Waals surface area contributed by atoms with Crippen molar-refractivity contribution in [1.29, 1.82) is 0 Å². The van der Waals surface area contributed by atoms with E-state index in [0.717, 1.165) is 26.5 Å². The van der Waals surface area contributed by atoms with Gasteiger partial charge in [-0.15, -0.1) is 0 Å². The average Bonchev–Trinajstić information content (AvgIpc) is 2.69. The van der Waals surface area contributed by atoms with Crippen molar-refractivity contribution in [2.24, 2.45) is 5.10 Å². The van der Waals surface area contributed by atoms with E-state index in [1.54, 1.807) is 24.3 Å². The summed E-state index contributed by atoms with van der Waals surface area (Å²) < 4.78 is 6.45. The Morgan fingerprint density at radius 1 is 1.11 bits per heavy atom. The smallest absolute Gasteiger partial charge is 0.277 e. The summed E-state index contributed by atoms with van der Waals surface area (Å²) in [5, 5.41) is 15.6. The first-order valence-electron chi connectivity index (χ1n) is 8.53. The van der Waals surface area contributed by atoms with E-state index in [2.05, 4.69) is 26.5 Å². The number of phenols is 1. The molecular weight excluding hydrogens is 408 g/mol. The summed E-state index contributed by atoms with van der Waals surface area (Å²) in [6, 6.07) is 18.4. The van der Waals surface area contributed by atoms with Crippen LogP contribution in [0.2, 0.25) is 0 Å². The van der Waals surface area contributed by atoms with Crippen LogP contribution in [-0.4, -0.2) is 23.3 Å². The van der Waals surface area contributed by atoms with Crippen molar-refractivity contribution in [2.45, 2.75) is 13.3 Å². The molecule has 3 aromatic carbocycles. The molecule has 0 atom stereocenters. The molecule has 0 aliphatic rings. The van der Waals surface area contributed by atoms with Gasteiger partial charge in [-0.25, -0.2) is 5.43 Å². The second kappa shape index (κ2) is 8.68. The lowest BCUT2D eigenvalue weighted by atomic mass is 10.1. The fourth-order valence-electron chi connectivity index (χ4n) is 2.63. The summed E-state index contributed by atoms with van der Waals surface area (Å²) in [6.45, 7) is 1.80. The van der Waals surface area contributed by atoms with Crippen molar-refractivity contribution >= 4 is 38.3 Å². The Balaban J connectivity index is 1.64. The number of amides is 1. The van der Waals surface area contributed by atoms with Crippen molar-refractivity contribution in [3.8, 4) is 11.5 Å². The number of carbonyl (C=O) groups is 1. The molecule has 2 N–H and O–H groups in total. The quantitative estimate of drug-likeness (QED) is 0.446. The zero-order valence-corrected chi connectivity index (χ0v) is 16.4. The van der Waals surface area contributed by atoms with E-state index in [1.165, 1.54) is 0 Å². The summed E-state index contributed by atoms with van der Waals surface area (Å²) >= 11 is 3.54. The number of carbonyl (C=O) groups excluding carboxylic acids is 1. The summed E-state index contributed by atoms with van der Waals surface area (Å²) in [6.07, 6.45) is 0.641. The molecule has 0 bridgehead atoms. The first-order valence-corrected chi connectivity index (χ1v) is 9.32. The maximum absolute atomic E-state index is 12.1. The number of fused-ring (bicyclic) bond motifs is 1. The van der Waals surface area contributed by atoms with E-state index >= 15 is 0 Å². The van der Waals surface area contributed by atoms with Gasteiger partial charge in [0, 0.05) is 0 Å². The lowest BCUT2D eigenvalue weighted by Gasteiger charge is -2.10. The number of rotatable bonds is 6. The molecule has 0 aliphatic carbocycles. The molecular formula is C21H19BrN2O3. The second-order valence-corrected chi connectivity index (χ2v) is 6.67. The van der Waals surface area contributed by atoms with Gasteiger partial charge in [-0.1, -0.05) is 37.3 Å². The van der Waals surface area contributed by atoms with Gasteiger partial charge in [0.25, 0.3) is 5.91 Å². The Hall–Kier alpha value is -2.86. The fourth-order valence-corrected chi connectivity index (χ4v) is 3.24. The van der Waals surface area contributed by atoms with E-state index in [9.17, 15) is 9.90 Å². The predicted octanol–water partition coefficient (Wildman–Crippen LogP) is 4.62. The third-order valence-corrected chi connectivity index (χ3v) is 4.86. The molecule has 27 heavy (non-hydrogen) atoms. The topological polar surface area (TPSA) is 70.9 Å². The van der Waals surface area contributed by atoms with Crippen LogP contribution >= 0.6 is 15.9 Å². The summed E-state index contributed by atoms with van der Waals surface area (Å²) in [5.41, 5.74) is 4.08. The van der Waals surface area contributed by atoms with E-state index in [-0.39, 0.29) is 18.3 Å². The number of hydrazone groups is 1. The first kappa shape index (κ1) is 18.9.